The standard InChI is InChI=1S/C26H23N5O3.2C2HF3O2/c1-32-19-5-8-24-15(11-19)9-17(14-34-24)25-29-23-7-4-20(33-2)12-21(23)26(30-25)28-18-3-6-22-16(10-18)13-27-31-22;2*3-2(4,5)1(6)7/h3-8,10-13,17H,9,14H2,1-2H3,(H,27,31)(H,28,29,30);2*(H,6,7). The maximum atomic E-state index is 10.6. The maximum Gasteiger partial charge on any atom is 0.490 e. The molecule has 18 heteroatoms. The zero-order chi connectivity index (χ0) is 35.2. The topological polar surface area (TPSA) is 169 Å². The minimum absolute atomic E-state index is 0.0167. The third kappa shape index (κ3) is 8.71. The number of rotatable bonds is 5. The van der Waals surface area contributed by atoms with E-state index in [0.29, 0.717) is 6.61 Å². The van der Waals surface area contributed by atoms with Crippen LogP contribution < -0.4 is 19.5 Å². The van der Waals surface area contributed by atoms with E-state index < -0.39 is 24.3 Å². The number of ether oxygens (including phenoxy) is 3. The summed E-state index contributed by atoms with van der Waals surface area (Å²) in [5.41, 5.74) is 3.83. The Bertz CT molecular complexity index is 1910. The molecule has 1 aliphatic rings. The number of H-pyrrole nitrogens is 1. The highest BCUT2D eigenvalue weighted by Crippen LogP contribution is 2.36. The summed E-state index contributed by atoms with van der Waals surface area (Å²) in [5.74, 6) is -1.60. The van der Waals surface area contributed by atoms with Crippen LogP contribution in [-0.4, -0.2) is 75.5 Å². The van der Waals surface area contributed by atoms with Gasteiger partial charge in [0.1, 0.15) is 28.9 Å². The predicted molar refractivity (Wildman–Crippen MR) is 158 cm³/mol. The van der Waals surface area contributed by atoms with E-state index in [2.05, 4.69) is 15.5 Å². The van der Waals surface area contributed by atoms with E-state index in [4.69, 9.17) is 44.0 Å². The van der Waals surface area contributed by atoms with E-state index >= 15 is 0 Å². The molecule has 1 atom stereocenters. The first-order valence-electron chi connectivity index (χ1n) is 13.5. The number of anilines is 2. The van der Waals surface area contributed by atoms with E-state index in [1.165, 1.54) is 0 Å². The number of aliphatic carboxylic acids is 2. The van der Waals surface area contributed by atoms with Gasteiger partial charge in [-0.2, -0.15) is 31.4 Å². The van der Waals surface area contributed by atoms with Crippen LogP contribution >= 0.6 is 0 Å². The van der Waals surface area contributed by atoms with Crippen LogP contribution in [0.4, 0.5) is 37.8 Å². The molecule has 0 saturated carbocycles. The summed E-state index contributed by atoms with van der Waals surface area (Å²) >= 11 is 0. The number of benzene rings is 3. The van der Waals surface area contributed by atoms with Crippen molar-refractivity contribution in [1.29, 1.82) is 0 Å². The second kappa shape index (κ2) is 14.3. The molecule has 5 aromatic rings. The number of nitrogens with zero attached hydrogens (tertiary/aromatic N) is 3. The lowest BCUT2D eigenvalue weighted by atomic mass is 9.95. The van der Waals surface area contributed by atoms with Crippen molar-refractivity contribution in [2.24, 2.45) is 0 Å². The number of nitrogens with one attached hydrogen (secondary N) is 2. The molecule has 3 heterocycles. The number of halogens is 6. The van der Waals surface area contributed by atoms with E-state index in [1.807, 2.05) is 54.6 Å². The monoisotopic (exact) mass is 681 g/mol. The molecule has 0 amide bonds. The molecule has 1 unspecified atom stereocenters. The van der Waals surface area contributed by atoms with Gasteiger partial charge < -0.3 is 29.7 Å². The fourth-order valence-corrected chi connectivity index (χ4v) is 4.35. The van der Waals surface area contributed by atoms with Gasteiger partial charge >= 0.3 is 24.3 Å². The molecule has 12 nitrogen and oxygen atoms in total. The molecule has 0 saturated heterocycles. The van der Waals surface area contributed by atoms with Crippen LogP contribution in [0.15, 0.2) is 60.8 Å². The molecule has 0 aliphatic carbocycles. The number of carboxylic acid groups (broad SMARTS) is 2. The number of alkyl halides is 6. The van der Waals surface area contributed by atoms with Gasteiger partial charge in [0.15, 0.2) is 0 Å². The summed E-state index contributed by atoms with van der Waals surface area (Å²) in [6.07, 6.45) is -7.59. The van der Waals surface area contributed by atoms with Crippen molar-refractivity contribution in [3.05, 3.63) is 72.2 Å². The summed E-state index contributed by atoms with van der Waals surface area (Å²) in [5, 5.41) is 26.7. The normalized spacial score (nSPS) is 14.0. The minimum atomic E-state index is -5.08. The third-order valence-corrected chi connectivity index (χ3v) is 6.65. The van der Waals surface area contributed by atoms with E-state index in [1.54, 1.807) is 20.4 Å². The van der Waals surface area contributed by atoms with Crippen LogP contribution in [0.1, 0.15) is 17.3 Å². The smallest absolute Gasteiger partial charge is 0.490 e. The Kier molecular flexibility index (Phi) is 10.4. The van der Waals surface area contributed by atoms with Crippen LogP contribution in [0.2, 0.25) is 0 Å². The summed E-state index contributed by atoms with van der Waals surface area (Å²) in [6, 6.07) is 17.8. The first-order chi connectivity index (χ1) is 22.6. The van der Waals surface area contributed by atoms with Gasteiger partial charge in [-0.1, -0.05) is 0 Å². The maximum absolute atomic E-state index is 10.6. The molecule has 2 aromatic heterocycles. The lowest BCUT2D eigenvalue weighted by molar-refractivity contribution is -0.193. The predicted octanol–water partition coefficient (Wildman–Crippen LogP) is 6.25. The first-order valence-corrected chi connectivity index (χ1v) is 13.5. The molecule has 0 radical (unpaired) electrons. The highest BCUT2D eigenvalue weighted by atomic mass is 19.4. The van der Waals surface area contributed by atoms with Crippen molar-refractivity contribution in [3.63, 3.8) is 0 Å². The van der Waals surface area contributed by atoms with Crippen molar-refractivity contribution in [2.75, 3.05) is 26.1 Å². The molecular weight excluding hydrogens is 656 g/mol. The van der Waals surface area contributed by atoms with Crippen molar-refractivity contribution >= 4 is 45.2 Å². The van der Waals surface area contributed by atoms with Crippen LogP contribution in [0.5, 0.6) is 17.2 Å². The molecule has 1 aliphatic heterocycles. The van der Waals surface area contributed by atoms with Gasteiger partial charge in [0.25, 0.3) is 0 Å². The minimum Gasteiger partial charge on any atom is -0.497 e. The van der Waals surface area contributed by atoms with E-state index in [0.717, 1.165) is 68.4 Å². The van der Waals surface area contributed by atoms with Crippen LogP contribution in [0.3, 0.4) is 0 Å². The van der Waals surface area contributed by atoms with Gasteiger partial charge in [-0.15, -0.1) is 0 Å². The average Bonchev–Trinajstić information content (AvgIpc) is 3.51. The molecular formula is C30H25F6N5O7. The van der Waals surface area contributed by atoms with Crippen LogP contribution in [-0.2, 0) is 16.0 Å². The Labute approximate surface area is 266 Å². The number of carbonyl (C=O) groups is 2. The van der Waals surface area contributed by atoms with Gasteiger partial charge in [0, 0.05) is 16.5 Å². The largest absolute Gasteiger partial charge is 0.497 e. The highest BCUT2D eigenvalue weighted by molar-refractivity contribution is 5.93. The number of methoxy groups -OCH3 is 2. The van der Waals surface area contributed by atoms with Crippen LogP contribution in [0, 0.1) is 0 Å². The Hall–Kier alpha value is -5.81. The average molecular weight is 682 g/mol. The Morgan fingerprint density at radius 3 is 2.15 bits per heavy atom. The highest BCUT2D eigenvalue weighted by Gasteiger charge is 2.39. The SMILES string of the molecule is COc1ccc2c(c1)CC(c1nc(Nc3ccc4[nH]ncc4c3)c3cc(OC)ccc3n1)CO2.O=C(O)C(F)(F)F.O=C(O)C(F)(F)F. The van der Waals surface area contributed by atoms with Crippen molar-refractivity contribution < 1.29 is 60.4 Å². The molecule has 0 spiro atoms. The second-order valence-electron chi connectivity index (χ2n) is 9.90. The third-order valence-electron chi connectivity index (χ3n) is 6.65. The molecule has 48 heavy (non-hydrogen) atoms. The Morgan fingerprint density at radius 2 is 1.52 bits per heavy atom. The fraction of sp³-hybridized carbons (Fsp3) is 0.233. The quantitative estimate of drug-likeness (QED) is 0.155. The van der Waals surface area contributed by atoms with Gasteiger partial charge in [0.05, 0.1) is 44.0 Å². The van der Waals surface area contributed by atoms with Gasteiger partial charge in [0.2, 0.25) is 0 Å². The molecule has 3 aromatic carbocycles. The lowest BCUT2D eigenvalue weighted by Crippen LogP contribution is -2.21. The van der Waals surface area contributed by atoms with E-state index in [9.17, 15) is 26.3 Å². The number of fused-ring (bicyclic) bond motifs is 3. The van der Waals surface area contributed by atoms with E-state index in [-0.39, 0.29) is 5.92 Å². The van der Waals surface area contributed by atoms with Gasteiger partial charge in [-0.25, -0.2) is 19.6 Å². The molecule has 0 fully saturated rings. The summed E-state index contributed by atoms with van der Waals surface area (Å²) in [7, 11) is 3.32. The molecule has 6 rings (SSSR count). The first kappa shape index (κ1) is 35.1. The van der Waals surface area contributed by atoms with Gasteiger partial charge in [-0.3, -0.25) is 5.10 Å². The Balaban J connectivity index is 0.000000314. The number of carboxylic acids is 2. The lowest BCUT2D eigenvalue weighted by Gasteiger charge is -2.25. The summed E-state index contributed by atoms with van der Waals surface area (Å²) in [6.45, 7) is 0.515. The second-order valence-corrected chi connectivity index (χ2v) is 9.90. The number of aromatic nitrogens is 4. The van der Waals surface area contributed by atoms with Gasteiger partial charge in [-0.05, 0) is 66.6 Å². The van der Waals surface area contributed by atoms with Crippen molar-refractivity contribution in [3.8, 4) is 17.2 Å². The molecule has 4 N–H and O–H groups in total. The molecule has 254 valence electrons. The zero-order valence-electron chi connectivity index (χ0n) is 24.8. The molecule has 0 bridgehead atoms. The summed E-state index contributed by atoms with van der Waals surface area (Å²) in [4.78, 5) is 27.7. The number of hydrogen-bond acceptors (Lipinski definition) is 9. The zero-order valence-corrected chi connectivity index (χ0v) is 24.8. The Morgan fingerprint density at radius 1 is 0.896 bits per heavy atom. The number of hydrogen-bond donors (Lipinski definition) is 4. The summed E-state index contributed by atoms with van der Waals surface area (Å²) < 4.78 is 80.4. The number of aromatic amines is 1. The van der Waals surface area contributed by atoms with Crippen molar-refractivity contribution in [1.82, 2.24) is 20.2 Å². The van der Waals surface area contributed by atoms with Crippen molar-refractivity contribution in [2.45, 2.75) is 24.7 Å². The van der Waals surface area contributed by atoms with Crippen LogP contribution in [0.25, 0.3) is 21.8 Å². The fourth-order valence-electron chi connectivity index (χ4n) is 4.35.